The van der Waals surface area contributed by atoms with Crippen LogP contribution in [-0.2, 0) is 7.05 Å². The monoisotopic (exact) mass is 190 g/mol. The van der Waals surface area contributed by atoms with Crippen molar-refractivity contribution in [2.45, 2.75) is 27.7 Å². The molecule has 2 nitrogen and oxygen atoms in total. The fourth-order valence-electron chi connectivity index (χ4n) is 1.74. The highest BCUT2D eigenvalue weighted by Crippen LogP contribution is 2.18. The summed E-state index contributed by atoms with van der Waals surface area (Å²) in [6.45, 7) is 8.23. The van der Waals surface area contributed by atoms with Crippen LogP contribution in [0.4, 0.5) is 0 Å². The third kappa shape index (κ3) is 1.79. The molecule has 0 fully saturated rings. The lowest BCUT2D eigenvalue weighted by atomic mass is 10.1. The number of rotatable bonds is 0. The summed E-state index contributed by atoms with van der Waals surface area (Å²) in [4.78, 5) is 0. The van der Waals surface area contributed by atoms with E-state index in [1.54, 1.807) is 0 Å². The predicted molar refractivity (Wildman–Crippen MR) is 61.5 cm³/mol. The molecule has 0 bridgehead atoms. The van der Waals surface area contributed by atoms with Crippen LogP contribution in [0.3, 0.4) is 0 Å². The highest BCUT2D eigenvalue weighted by Gasteiger charge is 2.02. The summed E-state index contributed by atoms with van der Waals surface area (Å²) in [6.07, 6.45) is 1.91. The molecular formula is C12H18N2. The highest BCUT2D eigenvalue weighted by molar-refractivity contribution is 5.82. The number of benzene rings is 1. The van der Waals surface area contributed by atoms with Gasteiger partial charge in [-0.15, -0.1) is 0 Å². The van der Waals surface area contributed by atoms with E-state index < -0.39 is 0 Å². The van der Waals surface area contributed by atoms with Crippen LogP contribution >= 0.6 is 0 Å². The molecule has 0 saturated carbocycles. The summed E-state index contributed by atoms with van der Waals surface area (Å²) in [5.41, 5.74) is 3.83. The van der Waals surface area contributed by atoms with Crippen LogP contribution in [0.15, 0.2) is 18.3 Å². The second-order valence-corrected chi connectivity index (χ2v) is 3.29. The minimum Gasteiger partial charge on any atom is -0.268 e. The van der Waals surface area contributed by atoms with Gasteiger partial charge in [-0.3, -0.25) is 4.68 Å². The van der Waals surface area contributed by atoms with Gasteiger partial charge in [-0.2, -0.15) is 5.10 Å². The number of nitrogens with zero attached hydrogens (tertiary/aromatic N) is 2. The summed E-state index contributed by atoms with van der Waals surface area (Å²) in [6, 6.07) is 4.35. The van der Waals surface area contributed by atoms with Gasteiger partial charge in [0.25, 0.3) is 0 Å². The van der Waals surface area contributed by atoms with E-state index in [1.807, 2.05) is 31.8 Å². The van der Waals surface area contributed by atoms with E-state index in [1.165, 1.54) is 22.0 Å². The van der Waals surface area contributed by atoms with Crippen LogP contribution in [0, 0.1) is 13.8 Å². The Morgan fingerprint density at radius 3 is 2.43 bits per heavy atom. The van der Waals surface area contributed by atoms with Gasteiger partial charge in [-0.1, -0.05) is 25.5 Å². The second-order valence-electron chi connectivity index (χ2n) is 3.29. The molecule has 0 saturated heterocycles. The Labute approximate surface area is 85.6 Å². The van der Waals surface area contributed by atoms with Crippen molar-refractivity contribution in [3.05, 3.63) is 29.5 Å². The first-order valence-electron chi connectivity index (χ1n) is 5.07. The maximum atomic E-state index is 4.21. The van der Waals surface area contributed by atoms with Crippen LogP contribution < -0.4 is 0 Å². The molecule has 76 valence electrons. The maximum Gasteiger partial charge on any atom is 0.0708 e. The minimum absolute atomic E-state index is 1.23. The molecule has 0 unspecified atom stereocenters. The van der Waals surface area contributed by atoms with Crippen molar-refractivity contribution in [3.8, 4) is 0 Å². The molecule has 2 aromatic rings. The molecule has 0 amide bonds. The van der Waals surface area contributed by atoms with Gasteiger partial charge in [0, 0.05) is 12.4 Å². The standard InChI is InChI=1S/C10H12N2.C2H6/c1-7-4-8(2)10-9(5-7)6-11-12(10)3;1-2/h4-6H,1-3H3;1-2H3. The Bertz CT molecular complexity index is 427. The quantitative estimate of drug-likeness (QED) is 0.623. The first kappa shape index (κ1) is 10.8. The number of aromatic nitrogens is 2. The van der Waals surface area contributed by atoms with E-state index in [-0.39, 0.29) is 0 Å². The van der Waals surface area contributed by atoms with E-state index in [9.17, 15) is 0 Å². The van der Waals surface area contributed by atoms with E-state index >= 15 is 0 Å². The zero-order chi connectivity index (χ0) is 10.7. The van der Waals surface area contributed by atoms with E-state index in [0.717, 1.165) is 0 Å². The molecule has 0 N–H and O–H groups in total. The van der Waals surface area contributed by atoms with Crippen molar-refractivity contribution < 1.29 is 0 Å². The Balaban J connectivity index is 0.000000461. The molecule has 0 spiro atoms. The first-order chi connectivity index (χ1) is 6.68. The third-order valence-corrected chi connectivity index (χ3v) is 2.17. The lowest BCUT2D eigenvalue weighted by Gasteiger charge is -2.00. The van der Waals surface area contributed by atoms with Crippen molar-refractivity contribution in [2.24, 2.45) is 7.05 Å². The lowest BCUT2D eigenvalue weighted by molar-refractivity contribution is 0.794. The van der Waals surface area contributed by atoms with Gasteiger partial charge in [0.2, 0.25) is 0 Å². The largest absolute Gasteiger partial charge is 0.268 e. The average Bonchev–Trinajstić information content (AvgIpc) is 2.51. The fraction of sp³-hybridized carbons (Fsp3) is 0.417. The summed E-state index contributed by atoms with van der Waals surface area (Å²) in [5.74, 6) is 0. The number of hydrogen-bond acceptors (Lipinski definition) is 1. The van der Waals surface area contributed by atoms with Gasteiger partial charge in [0.15, 0.2) is 0 Å². The van der Waals surface area contributed by atoms with Crippen molar-refractivity contribution in [2.75, 3.05) is 0 Å². The maximum absolute atomic E-state index is 4.21. The summed E-state index contributed by atoms with van der Waals surface area (Å²) in [7, 11) is 1.98. The summed E-state index contributed by atoms with van der Waals surface area (Å²) in [5, 5.41) is 5.45. The Hall–Kier alpha value is -1.31. The molecule has 0 atom stereocenters. The van der Waals surface area contributed by atoms with Crippen LogP contribution in [0.1, 0.15) is 25.0 Å². The third-order valence-electron chi connectivity index (χ3n) is 2.17. The second kappa shape index (κ2) is 4.27. The summed E-state index contributed by atoms with van der Waals surface area (Å²) < 4.78 is 1.92. The number of aryl methyl sites for hydroxylation is 3. The first-order valence-corrected chi connectivity index (χ1v) is 5.07. The van der Waals surface area contributed by atoms with Gasteiger partial charge in [0.1, 0.15) is 0 Å². The SMILES string of the molecule is CC.Cc1cc(C)c2c(cnn2C)c1. The minimum atomic E-state index is 1.23. The molecule has 14 heavy (non-hydrogen) atoms. The topological polar surface area (TPSA) is 17.8 Å². The van der Waals surface area contributed by atoms with Gasteiger partial charge in [-0.25, -0.2) is 0 Å². The molecule has 0 aliphatic heterocycles. The van der Waals surface area contributed by atoms with E-state index in [4.69, 9.17) is 0 Å². The molecule has 0 aliphatic rings. The smallest absolute Gasteiger partial charge is 0.0708 e. The molecular weight excluding hydrogens is 172 g/mol. The number of fused-ring (bicyclic) bond motifs is 1. The predicted octanol–water partition coefficient (Wildman–Crippen LogP) is 3.22. The van der Waals surface area contributed by atoms with Crippen molar-refractivity contribution in [1.29, 1.82) is 0 Å². The van der Waals surface area contributed by atoms with Crippen LogP contribution in [0.5, 0.6) is 0 Å². The van der Waals surface area contributed by atoms with Gasteiger partial charge in [-0.05, 0) is 25.5 Å². The van der Waals surface area contributed by atoms with Crippen molar-refractivity contribution in [3.63, 3.8) is 0 Å². The van der Waals surface area contributed by atoms with Gasteiger partial charge in [0.05, 0.1) is 11.7 Å². The normalized spacial score (nSPS) is 9.79. The van der Waals surface area contributed by atoms with E-state index in [0.29, 0.717) is 0 Å². The Morgan fingerprint density at radius 2 is 1.79 bits per heavy atom. The van der Waals surface area contributed by atoms with Crippen LogP contribution in [0.25, 0.3) is 10.9 Å². The van der Waals surface area contributed by atoms with Crippen LogP contribution in [0.2, 0.25) is 0 Å². The van der Waals surface area contributed by atoms with Crippen LogP contribution in [-0.4, -0.2) is 9.78 Å². The molecule has 2 heteroatoms. The zero-order valence-corrected chi connectivity index (χ0v) is 9.63. The molecule has 2 rings (SSSR count). The summed E-state index contributed by atoms with van der Waals surface area (Å²) >= 11 is 0. The van der Waals surface area contributed by atoms with E-state index in [2.05, 4.69) is 31.1 Å². The number of hydrogen-bond donors (Lipinski definition) is 0. The fourth-order valence-corrected chi connectivity index (χ4v) is 1.74. The lowest BCUT2D eigenvalue weighted by Crippen LogP contribution is -1.91. The molecule has 0 aliphatic carbocycles. The Morgan fingerprint density at radius 1 is 1.14 bits per heavy atom. The Kier molecular flexibility index (Phi) is 3.28. The highest BCUT2D eigenvalue weighted by atomic mass is 15.2. The van der Waals surface area contributed by atoms with Crippen molar-refractivity contribution >= 4 is 10.9 Å². The van der Waals surface area contributed by atoms with Gasteiger partial charge < -0.3 is 0 Å². The molecule has 1 aromatic heterocycles. The van der Waals surface area contributed by atoms with Gasteiger partial charge >= 0.3 is 0 Å². The average molecular weight is 190 g/mol. The molecule has 1 aromatic carbocycles. The molecule has 1 heterocycles. The van der Waals surface area contributed by atoms with Crippen molar-refractivity contribution in [1.82, 2.24) is 9.78 Å². The zero-order valence-electron chi connectivity index (χ0n) is 9.63. The molecule has 0 radical (unpaired) electrons.